The summed E-state index contributed by atoms with van der Waals surface area (Å²) in [6.07, 6.45) is 2.07. The molecule has 2 heterocycles. The predicted octanol–water partition coefficient (Wildman–Crippen LogP) is 0.836. The highest BCUT2D eigenvalue weighted by Gasteiger charge is 2.19. The zero-order valence-electron chi connectivity index (χ0n) is 15.0. The first kappa shape index (κ1) is 18.8. The molecule has 0 aliphatic heterocycles. The van der Waals surface area contributed by atoms with Gasteiger partial charge in [-0.15, -0.1) is 0 Å². The minimum atomic E-state index is -0.938. The van der Waals surface area contributed by atoms with Gasteiger partial charge in [-0.05, 0) is 30.7 Å². The van der Waals surface area contributed by atoms with Crippen LogP contribution in [0.25, 0.3) is 10.9 Å². The van der Waals surface area contributed by atoms with Gasteiger partial charge in [0.1, 0.15) is 11.6 Å². The Morgan fingerprint density at radius 3 is 2.71 bits per heavy atom. The van der Waals surface area contributed by atoms with E-state index in [1.807, 2.05) is 6.07 Å². The van der Waals surface area contributed by atoms with Crippen molar-refractivity contribution in [3.8, 4) is 0 Å². The molecule has 0 saturated heterocycles. The molecule has 0 aliphatic rings. The molecule has 0 aliphatic carbocycles. The zero-order chi connectivity index (χ0) is 20.3. The number of carbonyl (C=O) groups excluding carboxylic acids is 2. The fraction of sp³-hybridized carbons (Fsp3) is 0.167. The Balaban J connectivity index is 2.02. The number of anilines is 3. The van der Waals surface area contributed by atoms with Crippen LogP contribution in [0.5, 0.6) is 0 Å². The van der Waals surface area contributed by atoms with Crippen LogP contribution in [0.1, 0.15) is 23.7 Å². The second-order valence-electron chi connectivity index (χ2n) is 6.05. The largest absolute Gasteiger partial charge is 0.368 e. The summed E-state index contributed by atoms with van der Waals surface area (Å²) in [6, 6.07) is 8.24. The first-order chi connectivity index (χ1) is 13.4. The Labute approximate surface area is 159 Å². The fourth-order valence-corrected chi connectivity index (χ4v) is 2.69. The molecule has 1 unspecified atom stereocenters. The summed E-state index contributed by atoms with van der Waals surface area (Å²) in [5.74, 6) is -1.58. The maximum Gasteiger partial charge on any atom is 0.267 e. The van der Waals surface area contributed by atoms with Crippen LogP contribution in [0.15, 0.2) is 41.3 Å². The van der Waals surface area contributed by atoms with Gasteiger partial charge in [-0.3, -0.25) is 24.4 Å². The van der Waals surface area contributed by atoms with E-state index >= 15 is 0 Å². The molecule has 1 atom stereocenters. The van der Waals surface area contributed by atoms with Gasteiger partial charge in [0, 0.05) is 17.3 Å². The number of fused-ring (bicyclic) bond motifs is 1. The molecular formula is C18H19N7O3. The number of aromatic amines is 1. The van der Waals surface area contributed by atoms with Crippen LogP contribution in [0, 0.1) is 0 Å². The van der Waals surface area contributed by atoms with Crippen molar-refractivity contribution in [1.82, 2.24) is 15.0 Å². The first-order valence-corrected chi connectivity index (χ1v) is 8.50. The molecule has 144 valence electrons. The van der Waals surface area contributed by atoms with Crippen LogP contribution < -0.4 is 27.7 Å². The maximum atomic E-state index is 12.3. The SMILES string of the molecule is CCC(Nc1nc(Nc2ccc3ncccc3c2)c(C(N)=O)c(=O)[nH]1)C(N)=O. The number of H-pyrrole nitrogens is 1. The first-order valence-electron chi connectivity index (χ1n) is 8.50. The Morgan fingerprint density at radius 1 is 1.25 bits per heavy atom. The normalized spacial score (nSPS) is 11.8. The van der Waals surface area contributed by atoms with Gasteiger partial charge >= 0.3 is 0 Å². The van der Waals surface area contributed by atoms with E-state index in [9.17, 15) is 14.4 Å². The average molecular weight is 381 g/mol. The van der Waals surface area contributed by atoms with Crippen molar-refractivity contribution in [2.24, 2.45) is 11.5 Å². The van der Waals surface area contributed by atoms with E-state index in [2.05, 4.69) is 25.6 Å². The summed E-state index contributed by atoms with van der Waals surface area (Å²) in [6.45, 7) is 1.75. The summed E-state index contributed by atoms with van der Waals surface area (Å²) in [5.41, 5.74) is 10.9. The van der Waals surface area contributed by atoms with E-state index in [4.69, 9.17) is 11.5 Å². The van der Waals surface area contributed by atoms with Crippen molar-refractivity contribution in [3.63, 3.8) is 0 Å². The lowest BCUT2D eigenvalue weighted by atomic mass is 10.2. The molecule has 1 aromatic carbocycles. The molecule has 2 amide bonds. The number of pyridine rings is 1. The molecule has 0 bridgehead atoms. The van der Waals surface area contributed by atoms with Gasteiger partial charge in [-0.25, -0.2) is 0 Å². The van der Waals surface area contributed by atoms with Crippen LogP contribution in [0.2, 0.25) is 0 Å². The number of nitrogens with zero attached hydrogens (tertiary/aromatic N) is 2. The number of aromatic nitrogens is 3. The molecule has 10 nitrogen and oxygen atoms in total. The molecule has 3 aromatic rings. The molecule has 7 N–H and O–H groups in total. The number of nitrogens with two attached hydrogens (primary N) is 2. The lowest BCUT2D eigenvalue weighted by Crippen LogP contribution is -2.36. The number of nitrogens with one attached hydrogen (secondary N) is 3. The molecule has 28 heavy (non-hydrogen) atoms. The van der Waals surface area contributed by atoms with Gasteiger partial charge < -0.3 is 22.1 Å². The van der Waals surface area contributed by atoms with Crippen molar-refractivity contribution < 1.29 is 9.59 Å². The summed E-state index contributed by atoms with van der Waals surface area (Å²) in [5, 5.41) is 6.54. The highest BCUT2D eigenvalue weighted by molar-refractivity contribution is 5.98. The third-order valence-electron chi connectivity index (χ3n) is 4.09. The molecule has 3 rings (SSSR count). The van der Waals surface area contributed by atoms with Gasteiger partial charge in [0.05, 0.1) is 5.52 Å². The van der Waals surface area contributed by atoms with Crippen molar-refractivity contribution in [3.05, 3.63) is 52.4 Å². The van der Waals surface area contributed by atoms with E-state index in [1.165, 1.54) is 0 Å². The van der Waals surface area contributed by atoms with Crippen LogP contribution in [0.4, 0.5) is 17.5 Å². The van der Waals surface area contributed by atoms with Crippen molar-refractivity contribution in [1.29, 1.82) is 0 Å². The van der Waals surface area contributed by atoms with Gasteiger partial charge in [0.25, 0.3) is 11.5 Å². The van der Waals surface area contributed by atoms with Crippen LogP contribution in [-0.2, 0) is 4.79 Å². The quantitative estimate of drug-likeness (QED) is 0.404. The predicted molar refractivity (Wildman–Crippen MR) is 105 cm³/mol. The van der Waals surface area contributed by atoms with Crippen molar-refractivity contribution >= 4 is 40.2 Å². The summed E-state index contributed by atoms with van der Waals surface area (Å²) >= 11 is 0. The Bertz CT molecular complexity index is 1110. The van der Waals surface area contributed by atoms with Gasteiger partial charge in [0.15, 0.2) is 5.82 Å². The molecule has 0 fully saturated rings. The maximum absolute atomic E-state index is 12.3. The van der Waals surface area contributed by atoms with E-state index in [-0.39, 0.29) is 17.3 Å². The summed E-state index contributed by atoms with van der Waals surface area (Å²) < 4.78 is 0. The van der Waals surface area contributed by atoms with Crippen LogP contribution in [0.3, 0.4) is 0 Å². The highest BCUT2D eigenvalue weighted by atomic mass is 16.2. The topological polar surface area (TPSA) is 169 Å². The third kappa shape index (κ3) is 3.90. The van der Waals surface area contributed by atoms with E-state index in [0.717, 1.165) is 10.9 Å². The standard InChI is InChI=1S/C18H19N7O3/c1-2-11(14(19)26)23-18-24-16(13(15(20)27)17(28)25-18)22-10-5-6-12-9(8-10)4-3-7-21-12/h3-8,11H,2H2,1H3,(H2,19,26)(H2,20,27)(H3,22,23,24,25,28). The second kappa shape index (κ2) is 7.74. The number of hydrogen-bond donors (Lipinski definition) is 5. The van der Waals surface area contributed by atoms with Crippen LogP contribution in [-0.4, -0.2) is 32.8 Å². The number of carbonyl (C=O) groups is 2. The molecule has 0 radical (unpaired) electrons. The Hall–Kier alpha value is -3.95. The van der Waals surface area contributed by atoms with E-state index in [1.54, 1.807) is 37.4 Å². The minimum absolute atomic E-state index is 0.00870. The van der Waals surface area contributed by atoms with Gasteiger partial charge in [-0.2, -0.15) is 4.98 Å². The number of rotatable bonds is 7. The van der Waals surface area contributed by atoms with Gasteiger partial charge in [-0.1, -0.05) is 13.0 Å². The Kier molecular flexibility index (Phi) is 5.21. The average Bonchev–Trinajstić information content (AvgIpc) is 2.65. The molecule has 10 heteroatoms. The number of benzene rings is 1. The third-order valence-corrected chi connectivity index (χ3v) is 4.09. The smallest absolute Gasteiger partial charge is 0.267 e. The lowest BCUT2D eigenvalue weighted by Gasteiger charge is -2.16. The molecular weight excluding hydrogens is 362 g/mol. The second-order valence-corrected chi connectivity index (χ2v) is 6.05. The van der Waals surface area contributed by atoms with E-state index < -0.39 is 23.4 Å². The number of hydrogen-bond acceptors (Lipinski definition) is 7. The minimum Gasteiger partial charge on any atom is -0.368 e. The summed E-state index contributed by atoms with van der Waals surface area (Å²) in [7, 11) is 0. The molecule has 0 spiro atoms. The highest BCUT2D eigenvalue weighted by Crippen LogP contribution is 2.22. The molecule has 2 aromatic heterocycles. The van der Waals surface area contributed by atoms with Crippen molar-refractivity contribution in [2.45, 2.75) is 19.4 Å². The number of amides is 2. The summed E-state index contributed by atoms with van der Waals surface area (Å²) in [4.78, 5) is 46.4. The zero-order valence-corrected chi connectivity index (χ0v) is 15.0. The van der Waals surface area contributed by atoms with Crippen LogP contribution >= 0.6 is 0 Å². The lowest BCUT2D eigenvalue weighted by molar-refractivity contribution is -0.118. The monoisotopic (exact) mass is 381 g/mol. The van der Waals surface area contributed by atoms with Gasteiger partial charge in [0.2, 0.25) is 11.9 Å². The molecule has 0 saturated carbocycles. The fourth-order valence-electron chi connectivity index (χ4n) is 2.69. The van der Waals surface area contributed by atoms with E-state index in [0.29, 0.717) is 12.1 Å². The van der Waals surface area contributed by atoms with Crippen molar-refractivity contribution in [2.75, 3.05) is 10.6 Å². The number of primary amides is 2. The Morgan fingerprint density at radius 2 is 2.04 bits per heavy atom.